The van der Waals surface area contributed by atoms with E-state index >= 15 is 0 Å². The number of rotatable bonds is 5. The number of nitrogens with zero attached hydrogens (tertiary/aromatic N) is 1. The number of hydrogen-bond donors (Lipinski definition) is 2. The zero-order valence-corrected chi connectivity index (χ0v) is 14.4. The van der Waals surface area contributed by atoms with Crippen LogP contribution in [0.5, 0.6) is 0 Å². The number of anilines is 1. The van der Waals surface area contributed by atoms with Crippen molar-refractivity contribution < 1.29 is 5.11 Å². The average molecular weight is 324 g/mol. The van der Waals surface area contributed by atoms with Crippen LogP contribution in [0.2, 0.25) is 0 Å². The number of aliphatic hydroxyl groups excluding tert-OH is 1. The van der Waals surface area contributed by atoms with Crippen molar-refractivity contribution >= 4 is 5.69 Å². The molecule has 24 heavy (non-hydrogen) atoms. The van der Waals surface area contributed by atoms with E-state index in [0.717, 1.165) is 30.3 Å². The number of nitrogen functional groups attached to an aromatic ring is 1. The monoisotopic (exact) mass is 324 g/mol. The van der Waals surface area contributed by atoms with Crippen LogP contribution in [0.3, 0.4) is 0 Å². The van der Waals surface area contributed by atoms with Crippen molar-refractivity contribution in [2.45, 2.75) is 38.3 Å². The maximum absolute atomic E-state index is 10.7. The Morgan fingerprint density at radius 3 is 2.29 bits per heavy atom. The first-order valence-electron chi connectivity index (χ1n) is 8.95. The number of likely N-dealkylation sites (tertiary alicyclic amines) is 1. The van der Waals surface area contributed by atoms with Gasteiger partial charge in [0.1, 0.15) is 0 Å². The lowest BCUT2D eigenvalue weighted by Crippen LogP contribution is -2.43. The van der Waals surface area contributed by atoms with Gasteiger partial charge >= 0.3 is 0 Å². The molecular weight excluding hydrogens is 296 g/mol. The van der Waals surface area contributed by atoms with Gasteiger partial charge in [-0.3, -0.25) is 4.90 Å². The molecule has 0 amide bonds. The van der Waals surface area contributed by atoms with E-state index in [9.17, 15) is 5.11 Å². The molecule has 128 valence electrons. The second-order valence-corrected chi connectivity index (χ2v) is 7.02. The second-order valence-electron chi connectivity index (χ2n) is 7.02. The summed E-state index contributed by atoms with van der Waals surface area (Å²) in [6.45, 7) is 4.24. The summed E-state index contributed by atoms with van der Waals surface area (Å²) in [6, 6.07) is 18.5. The summed E-state index contributed by atoms with van der Waals surface area (Å²) in [5.74, 6) is 0.754. The van der Waals surface area contributed by atoms with E-state index in [4.69, 9.17) is 5.73 Å². The molecule has 1 fully saturated rings. The lowest BCUT2D eigenvalue weighted by molar-refractivity contribution is 0.0373. The van der Waals surface area contributed by atoms with Crippen molar-refractivity contribution in [3.8, 4) is 0 Å². The second kappa shape index (κ2) is 7.82. The van der Waals surface area contributed by atoms with E-state index in [-0.39, 0.29) is 6.04 Å². The minimum Gasteiger partial charge on any atom is -0.399 e. The van der Waals surface area contributed by atoms with Gasteiger partial charge in [-0.25, -0.2) is 0 Å². The van der Waals surface area contributed by atoms with Gasteiger partial charge < -0.3 is 10.8 Å². The molecular formula is C21H28N2O. The Balaban J connectivity index is 1.53. The highest BCUT2D eigenvalue weighted by molar-refractivity contribution is 5.40. The molecule has 0 unspecified atom stereocenters. The quantitative estimate of drug-likeness (QED) is 0.826. The summed E-state index contributed by atoms with van der Waals surface area (Å²) < 4.78 is 0. The van der Waals surface area contributed by atoms with Crippen LogP contribution in [0, 0.1) is 5.92 Å². The third kappa shape index (κ3) is 4.16. The standard InChI is InChI=1S/C21H28N2O/c1-16(21(24)19-7-9-20(22)10-8-19)23-13-11-18(12-14-23)15-17-5-3-2-4-6-17/h2-10,16,18,21,24H,11-15,22H2,1H3/t16-,21-/m1/s1. The van der Waals surface area contributed by atoms with Gasteiger partial charge in [0.2, 0.25) is 0 Å². The Kier molecular flexibility index (Phi) is 5.54. The maximum atomic E-state index is 10.7. The molecule has 3 nitrogen and oxygen atoms in total. The first-order chi connectivity index (χ1) is 11.6. The molecule has 2 aromatic rings. The first kappa shape index (κ1) is 17.0. The Morgan fingerprint density at radius 1 is 1.04 bits per heavy atom. The molecule has 0 bridgehead atoms. The zero-order chi connectivity index (χ0) is 16.9. The lowest BCUT2D eigenvalue weighted by atomic mass is 9.89. The number of aliphatic hydroxyl groups is 1. The van der Waals surface area contributed by atoms with Crippen LogP contribution in [0.25, 0.3) is 0 Å². The molecule has 0 saturated carbocycles. The van der Waals surface area contributed by atoms with E-state index in [2.05, 4.69) is 42.2 Å². The summed E-state index contributed by atoms with van der Waals surface area (Å²) in [5, 5.41) is 10.7. The normalized spacial score (nSPS) is 19.1. The Bertz CT molecular complexity index is 618. The van der Waals surface area contributed by atoms with E-state index < -0.39 is 6.10 Å². The molecule has 0 spiro atoms. The van der Waals surface area contributed by atoms with Gasteiger partial charge in [-0.05, 0) is 68.5 Å². The summed E-state index contributed by atoms with van der Waals surface area (Å²) in [5.41, 5.74) is 8.85. The van der Waals surface area contributed by atoms with Crippen LogP contribution >= 0.6 is 0 Å². The molecule has 2 aromatic carbocycles. The molecule has 1 heterocycles. The first-order valence-corrected chi connectivity index (χ1v) is 8.95. The highest BCUT2D eigenvalue weighted by atomic mass is 16.3. The maximum Gasteiger partial charge on any atom is 0.0942 e. The highest BCUT2D eigenvalue weighted by Gasteiger charge is 2.27. The lowest BCUT2D eigenvalue weighted by Gasteiger charge is -2.38. The van der Waals surface area contributed by atoms with Gasteiger partial charge in [0.05, 0.1) is 6.10 Å². The highest BCUT2D eigenvalue weighted by Crippen LogP contribution is 2.27. The van der Waals surface area contributed by atoms with Crippen LogP contribution in [0.4, 0.5) is 5.69 Å². The van der Waals surface area contributed by atoms with Crippen molar-refractivity contribution in [1.82, 2.24) is 4.90 Å². The minimum absolute atomic E-state index is 0.131. The molecule has 3 N–H and O–H groups in total. The number of nitrogens with two attached hydrogens (primary N) is 1. The van der Waals surface area contributed by atoms with Crippen molar-refractivity contribution in [2.24, 2.45) is 5.92 Å². The molecule has 0 radical (unpaired) electrons. The van der Waals surface area contributed by atoms with Gasteiger partial charge in [0, 0.05) is 11.7 Å². The smallest absolute Gasteiger partial charge is 0.0942 e. The molecule has 0 aliphatic carbocycles. The van der Waals surface area contributed by atoms with Crippen molar-refractivity contribution in [3.05, 3.63) is 65.7 Å². The van der Waals surface area contributed by atoms with Gasteiger partial charge in [0.15, 0.2) is 0 Å². The molecule has 2 atom stereocenters. The Hall–Kier alpha value is -1.84. The van der Waals surface area contributed by atoms with E-state index in [1.165, 1.54) is 24.8 Å². The topological polar surface area (TPSA) is 49.5 Å². The van der Waals surface area contributed by atoms with Crippen molar-refractivity contribution in [2.75, 3.05) is 18.8 Å². The summed E-state index contributed by atoms with van der Waals surface area (Å²) in [4.78, 5) is 2.42. The van der Waals surface area contributed by atoms with E-state index in [1.54, 1.807) is 0 Å². The van der Waals surface area contributed by atoms with E-state index in [0.29, 0.717) is 0 Å². The van der Waals surface area contributed by atoms with Crippen molar-refractivity contribution in [1.29, 1.82) is 0 Å². The van der Waals surface area contributed by atoms with Gasteiger partial charge in [-0.15, -0.1) is 0 Å². The predicted molar refractivity (Wildman–Crippen MR) is 99.7 cm³/mol. The number of hydrogen-bond acceptors (Lipinski definition) is 3. The molecule has 3 heteroatoms. The molecule has 1 aliphatic rings. The SMILES string of the molecule is C[C@H]([C@@H](O)c1ccc(N)cc1)N1CCC(Cc2ccccc2)CC1. The fourth-order valence-corrected chi connectivity index (χ4v) is 3.68. The average Bonchev–Trinajstić information content (AvgIpc) is 2.63. The Morgan fingerprint density at radius 2 is 1.67 bits per heavy atom. The summed E-state index contributed by atoms with van der Waals surface area (Å²) >= 11 is 0. The van der Waals surface area contributed by atoms with Crippen LogP contribution in [-0.2, 0) is 6.42 Å². The van der Waals surface area contributed by atoms with E-state index in [1.807, 2.05) is 24.3 Å². The third-order valence-electron chi connectivity index (χ3n) is 5.33. The van der Waals surface area contributed by atoms with Gasteiger partial charge in [0.25, 0.3) is 0 Å². The van der Waals surface area contributed by atoms with Crippen molar-refractivity contribution in [3.63, 3.8) is 0 Å². The van der Waals surface area contributed by atoms with Crippen LogP contribution < -0.4 is 5.73 Å². The molecule has 1 aliphatic heterocycles. The number of piperidine rings is 1. The fourth-order valence-electron chi connectivity index (χ4n) is 3.68. The zero-order valence-electron chi connectivity index (χ0n) is 14.4. The third-order valence-corrected chi connectivity index (χ3v) is 5.33. The molecule has 3 rings (SSSR count). The van der Waals surface area contributed by atoms with Crippen LogP contribution in [0.15, 0.2) is 54.6 Å². The minimum atomic E-state index is -0.462. The van der Waals surface area contributed by atoms with Crippen LogP contribution in [-0.4, -0.2) is 29.1 Å². The summed E-state index contributed by atoms with van der Waals surface area (Å²) in [7, 11) is 0. The summed E-state index contributed by atoms with van der Waals surface area (Å²) in [6.07, 6.45) is 3.11. The van der Waals surface area contributed by atoms with Gasteiger partial charge in [-0.2, -0.15) is 0 Å². The largest absolute Gasteiger partial charge is 0.399 e. The molecule has 1 saturated heterocycles. The fraction of sp³-hybridized carbons (Fsp3) is 0.429. The number of benzene rings is 2. The van der Waals surface area contributed by atoms with Crippen LogP contribution in [0.1, 0.15) is 37.0 Å². The molecule has 0 aromatic heterocycles. The predicted octanol–water partition coefficient (Wildman–Crippen LogP) is 3.65. The Labute approximate surface area is 145 Å². The van der Waals surface area contributed by atoms with Gasteiger partial charge in [-0.1, -0.05) is 42.5 Å².